The van der Waals surface area contributed by atoms with Crippen molar-refractivity contribution < 1.29 is 22.8 Å². The molecule has 1 rings (SSSR count). The van der Waals surface area contributed by atoms with Gasteiger partial charge in [-0.1, -0.05) is 50.8 Å². The predicted molar refractivity (Wildman–Crippen MR) is 115 cm³/mol. The van der Waals surface area contributed by atoms with Gasteiger partial charge in [-0.05, 0) is 51.0 Å². The number of carbonyl (C=O) groups is 1. The molecule has 0 aromatic heterocycles. The zero-order valence-electron chi connectivity index (χ0n) is 18.0. The summed E-state index contributed by atoms with van der Waals surface area (Å²) < 4.78 is 26.0. The minimum absolute atomic E-state index is 0.0531. The number of aliphatic carboxylic acids is 1. The third-order valence-corrected chi connectivity index (χ3v) is 7.19. The number of hydrogen-bond donors (Lipinski definition) is 0. The summed E-state index contributed by atoms with van der Waals surface area (Å²) in [6, 6.07) is 7.57. The average molecular weight is 422 g/mol. The quantitative estimate of drug-likeness (QED) is 0.198. The lowest BCUT2D eigenvalue weighted by Gasteiger charge is -2.32. The number of carboxylic acids is 1. The van der Waals surface area contributed by atoms with Crippen LogP contribution in [0, 0.1) is 0 Å². The van der Waals surface area contributed by atoms with Crippen LogP contribution in [-0.2, 0) is 14.6 Å². The first kappa shape index (κ1) is 25.1. The fourth-order valence-electron chi connectivity index (χ4n) is 3.34. The zero-order valence-corrected chi connectivity index (χ0v) is 18.8. The van der Waals surface area contributed by atoms with E-state index >= 15 is 0 Å². The molecule has 0 saturated carbocycles. The maximum absolute atomic E-state index is 12.6. The highest BCUT2D eigenvalue weighted by Crippen LogP contribution is 2.19. The first-order valence-corrected chi connectivity index (χ1v) is 12.1. The number of quaternary nitrogens is 1. The van der Waals surface area contributed by atoms with E-state index < -0.39 is 20.7 Å². The van der Waals surface area contributed by atoms with Crippen LogP contribution in [0.1, 0.15) is 59.3 Å². The van der Waals surface area contributed by atoms with E-state index in [1.807, 2.05) is 6.20 Å². The molecule has 0 bridgehead atoms. The summed E-state index contributed by atoms with van der Waals surface area (Å²) >= 11 is 0. The van der Waals surface area contributed by atoms with Gasteiger partial charge in [0.15, 0.2) is 0 Å². The average Bonchev–Trinajstić information content (AvgIpc) is 2.72. The van der Waals surface area contributed by atoms with Gasteiger partial charge in [0.05, 0.1) is 41.6 Å². The van der Waals surface area contributed by atoms with E-state index in [1.165, 1.54) is 44.2 Å². The van der Waals surface area contributed by atoms with Crippen molar-refractivity contribution in [3.8, 4) is 0 Å². The Kier molecular flexibility index (Phi) is 10.9. The maximum atomic E-state index is 12.6. The van der Waals surface area contributed by atoms with E-state index in [9.17, 15) is 18.3 Å². The second-order valence-electron chi connectivity index (χ2n) is 7.32. The molecule has 0 saturated heterocycles. The number of carbonyl (C=O) groups excluding carboxylic acids is 1. The monoisotopic (exact) mass is 421 g/mol. The van der Waals surface area contributed by atoms with Crippen LogP contribution in [0.3, 0.4) is 0 Å². The summed E-state index contributed by atoms with van der Waals surface area (Å²) in [6.07, 6.45) is 11.9. The molecule has 0 aliphatic carbocycles. The number of rotatable bonds is 14. The fraction of sp³-hybridized carbons (Fsp3) is 0.522. The van der Waals surface area contributed by atoms with Crippen molar-refractivity contribution in [1.29, 1.82) is 0 Å². The van der Waals surface area contributed by atoms with Crippen molar-refractivity contribution >= 4 is 15.8 Å². The van der Waals surface area contributed by atoms with E-state index in [0.29, 0.717) is 4.48 Å². The summed E-state index contributed by atoms with van der Waals surface area (Å²) in [5.74, 6) is -1.69. The second-order valence-corrected chi connectivity index (χ2v) is 9.24. The lowest BCUT2D eigenvalue weighted by atomic mass is 10.1. The smallest absolute Gasteiger partial charge is 0.208 e. The molecule has 0 N–H and O–H groups in total. The molecule has 0 amide bonds. The number of sulfone groups is 1. The second kappa shape index (κ2) is 12.6. The number of nitrogens with zero attached hydrogens (tertiary/aromatic N) is 1. The van der Waals surface area contributed by atoms with Gasteiger partial charge >= 0.3 is 0 Å². The molecule has 1 aromatic carbocycles. The van der Waals surface area contributed by atoms with Crippen LogP contribution < -0.4 is 5.11 Å². The van der Waals surface area contributed by atoms with E-state index in [0.717, 1.165) is 32.1 Å². The van der Waals surface area contributed by atoms with Crippen molar-refractivity contribution in [2.45, 2.75) is 64.2 Å². The van der Waals surface area contributed by atoms with Crippen molar-refractivity contribution in [2.75, 3.05) is 19.6 Å². The van der Waals surface area contributed by atoms with Gasteiger partial charge in [0.1, 0.15) is 0 Å². The molecular formula is C23H35NO4S. The van der Waals surface area contributed by atoms with Crippen LogP contribution in [-0.4, -0.2) is 38.5 Å². The minimum atomic E-state index is -4.12. The maximum Gasteiger partial charge on any atom is 0.208 e. The SMILES string of the molecule is CCCCCCCC[N+](C=CC=C(C(=O)[O-])S(=O)(=O)c1ccccc1)(CC)CC. The highest BCUT2D eigenvalue weighted by Gasteiger charge is 2.22. The van der Waals surface area contributed by atoms with E-state index in [-0.39, 0.29) is 4.90 Å². The molecule has 0 fully saturated rings. The standard InChI is InChI=1S/C23H35NO4S/c1-4-7-8-9-10-14-19-24(5-2,6-3)20-15-18-22(23(25)26)29(27,28)21-16-12-11-13-17-21/h11-13,15-18,20H,4-10,14,19H2,1-3H3. The van der Waals surface area contributed by atoms with Gasteiger partial charge in [-0.2, -0.15) is 0 Å². The van der Waals surface area contributed by atoms with Gasteiger partial charge < -0.3 is 9.90 Å². The Morgan fingerprint density at radius 3 is 2.10 bits per heavy atom. The van der Waals surface area contributed by atoms with Crippen molar-refractivity contribution in [3.63, 3.8) is 0 Å². The normalized spacial score (nSPS) is 13.1. The summed E-state index contributed by atoms with van der Waals surface area (Å²) in [4.78, 5) is 10.7. The minimum Gasteiger partial charge on any atom is -0.544 e. The molecule has 0 atom stereocenters. The molecular weight excluding hydrogens is 386 g/mol. The van der Waals surface area contributed by atoms with Crippen molar-refractivity contribution in [1.82, 2.24) is 0 Å². The number of carboxylic acid groups (broad SMARTS) is 1. The molecule has 162 valence electrons. The van der Waals surface area contributed by atoms with Crippen LogP contribution >= 0.6 is 0 Å². The predicted octanol–water partition coefficient (Wildman–Crippen LogP) is 3.82. The van der Waals surface area contributed by atoms with Crippen molar-refractivity contribution in [2.24, 2.45) is 0 Å². The molecule has 29 heavy (non-hydrogen) atoms. The van der Waals surface area contributed by atoms with Gasteiger partial charge in [0, 0.05) is 0 Å². The highest BCUT2D eigenvalue weighted by molar-refractivity contribution is 7.96. The largest absolute Gasteiger partial charge is 0.544 e. The lowest BCUT2D eigenvalue weighted by molar-refractivity contribution is -0.876. The fourth-order valence-corrected chi connectivity index (χ4v) is 4.59. The van der Waals surface area contributed by atoms with Crippen LogP contribution in [0.4, 0.5) is 0 Å². The third-order valence-electron chi connectivity index (χ3n) is 5.41. The van der Waals surface area contributed by atoms with Crippen LogP contribution in [0.25, 0.3) is 0 Å². The van der Waals surface area contributed by atoms with Crippen LogP contribution in [0.15, 0.2) is 58.5 Å². The number of benzene rings is 1. The Balaban J connectivity index is 2.95. The Morgan fingerprint density at radius 2 is 1.55 bits per heavy atom. The highest BCUT2D eigenvalue weighted by atomic mass is 32.2. The zero-order chi connectivity index (χ0) is 21.8. The molecule has 0 aliphatic heterocycles. The third kappa shape index (κ3) is 7.78. The topological polar surface area (TPSA) is 74.3 Å². The van der Waals surface area contributed by atoms with Gasteiger partial charge in [-0.3, -0.25) is 4.48 Å². The molecule has 6 heteroatoms. The molecule has 0 unspecified atom stereocenters. The van der Waals surface area contributed by atoms with Gasteiger partial charge in [0.25, 0.3) is 0 Å². The first-order chi connectivity index (χ1) is 13.8. The summed E-state index contributed by atoms with van der Waals surface area (Å²) in [7, 11) is -4.12. The number of allylic oxidation sites excluding steroid dienone is 2. The molecule has 0 radical (unpaired) electrons. The van der Waals surface area contributed by atoms with Gasteiger partial charge in [0.2, 0.25) is 9.84 Å². The molecule has 0 aliphatic rings. The Morgan fingerprint density at radius 1 is 0.966 bits per heavy atom. The van der Waals surface area contributed by atoms with E-state index in [1.54, 1.807) is 24.3 Å². The number of unbranched alkanes of at least 4 members (excludes halogenated alkanes) is 5. The summed E-state index contributed by atoms with van der Waals surface area (Å²) in [5.41, 5.74) is 0. The molecule has 0 heterocycles. The number of hydrogen-bond acceptors (Lipinski definition) is 4. The summed E-state index contributed by atoms with van der Waals surface area (Å²) in [6.45, 7) is 9.07. The van der Waals surface area contributed by atoms with Crippen LogP contribution in [0.5, 0.6) is 0 Å². The molecule has 0 spiro atoms. The Hall–Kier alpha value is -1.92. The van der Waals surface area contributed by atoms with Crippen molar-refractivity contribution in [3.05, 3.63) is 53.6 Å². The lowest BCUT2D eigenvalue weighted by Crippen LogP contribution is -2.43. The van der Waals surface area contributed by atoms with Crippen LogP contribution in [0.2, 0.25) is 0 Å². The van der Waals surface area contributed by atoms with E-state index in [2.05, 4.69) is 20.8 Å². The first-order valence-electron chi connectivity index (χ1n) is 10.6. The molecule has 5 nitrogen and oxygen atoms in total. The Labute approximate surface area is 176 Å². The summed E-state index contributed by atoms with van der Waals surface area (Å²) in [5, 5.41) is 11.5. The van der Waals surface area contributed by atoms with E-state index in [4.69, 9.17) is 0 Å². The van der Waals surface area contributed by atoms with Gasteiger partial charge in [-0.25, -0.2) is 8.42 Å². The van der Waals surface area contributed by atoms with Gasteiger partial charge in [-0.15, -0.1) is 0 Å². The molecule has 1 aromatic rings. The Bertz CT molecular complexity index is 778.